The molecule has 0 fully saturated rings. The lowest BCUT2D eigenvalue weighted by atomic mass is 10.1. The average Bonchev–Trinajstić information content (AvgIpc) is 2.16. The fourth-order valence-electron chi connectivity index (χ4n) is 1.52. The molecule has 1 aromatic heterocycles. The Morgan fingerprint density at radius 2 is 2.19 bits per heavy atom. The molecule has 1 N–H and O–H groups in total. The van der Waals surface area contributed by atoms with Crippen molar-refractivity contribution in [3.8, 4) is 0 Å². The van der Waals surface area contributed by atoms with Gasteiger partial charge in [0.2, 0.25) is 0 Å². The van der Waals surface area contributed by atoms with E-state index in [1.165, 1.54) is 5.56 Å². The minimum absolute atomic E-state index is 0.208. The summed E-state index contributed by atoms with van der Waals surface area (Å²) in [6.45, 7) is 6.03. The summed E-state index contributed by atoms with van der Waals surface area (Å²) >= 11 is 9.59. The van der Waals surface area contributed by atoms with Crippen molar-refractivity contribution in [3.05, 3.63) is 28.5 Å². The Morgan fingerprint density at radius 3 is 2.81 bits per heavy atom. The quantitative estimate of drug-likeness (QED) is 0.813. The second-order valence-corrected chi connectivity index (χ2v) is 5.90. The second-order valence-electron chi connectivity index (χ2n) is 4.37. The number of pyridine rings is 1. The lowest BCUT2D eigenvalue weighted by molar-refractivity contribution is 0.533. The van der Waals surface area contributed by atoms with E-state index in [9.17, 15) is 0 Å². The van der Waals surface area contributed by atoms with Crippen molar-refractivity contribution in [3.63, 3.8) is 0 Å². The lowest BCUT2D eigenvalue weighted by Crippen LogP contribution is -2.24. The lowest BCUT2D eigenvalue weighted by Gasteiger charge is -2.12. The zero-order valence-electron chi connectivity index (χ0n) is 9.71. The summed E-state index contributed by atoms with van der Waals surface area (Å²) in [7, 11) is 0. The highest BCUT2D eigenvalue weighted by atomic mass is 79.9. The van der Waals surface area contributed by atoms with E-state index in [4.69, 9.17) is 11.6 Å². The van der Waals surface area contributed by atoms with Crippen LogP contribution in [-0.4, -0.2) is 16.9 Å². The number of rotatable bonds is 6. The standard InChI is InChI=1S/C12H18BrClN2/c1-9(2)3-12(14)8-16-6-10-4-11(13)7-15-5-10/h4-5,7,9,12,16H,3,6,8H2,1-2H3. The van der Waals surface area contributed by atoms with Gasteiger partial charge in [-0.25, -0.2) is 0 Å². The van der Waals surface area contributed by atoms with Gasteiger partial charge in [-0.1, -0.05) is 13.8 Å². The predicted octanol–water partition coefficient (Wildman–Crippen LogP) is 3.59. The van der Waals surface area contributed by atoms with E-state index in [2.05, 4.69) is 46.1 Å². The van der Waals surface area contributed by atoms with Gasteiger partial charge in [-0.15, -0.1) is 11.6 Å². The first kappa shape index (κ1) is 13.9. The van der Waals surface area contributed by atoms with Crippen LogP contribution in [0.4, 0.5) is 0 Å². The van der Waals surface area contributed by atoms with E-state index >= 15 is 0 Å². The molecule has 2 nitrogen and oxygen atoms in total. The first-order chi connectivity index (χ1) is 7.58. The molecule has 1 atom stereocenters. The zero-order valence-corrected chi connectivity index (χ0v) is 12.1. The number of nitrogens with one attached hydrogen (secondary N) is 1. The summed E-state index contributed by atoms with van der Waals surface area (Å²) in [5.74, 6) is 0.650. The Hall–Kier alpha value is -0.120. The highest BCUT2D eigenvalue weighted by molar-refractivity contribution is 9.10. The predicted molar refractivity (Wildman–Crippen MR) is 72.7 cm³/mol. The van der Waals surface area contributed by atoms with Gasteiger partial charge < -0.3 is 5.32 Å². The van der Waals surface area contributed by atoms with Crippen LogP contribution in [0.1, 0.15) is 25.8 Å². The molecule has 0 saturated heterocycles. The number of halogens is 2. The van der Waals surface area contributed by atoms with Gasteiger partial charge in [0.1, 0.15) is 0 Å². The van der Waals surface area contributed by atoms with Crippen LogP contribution in [0.2, 0.25) is 0 Å². The van der Waals surface area contributed by atoms with Crippen LogP contribution in [0.15, 0.2) is 22.9 Å². The first-order valence-corrected chi connectivity index (χ1v) is 6.75. The van der Waals surface area contributed by atoms with Gasteiger partial charge in [0.15, 0.2) is 0 Å². The summed E-state index contributed by atoms with van der Waals surface area (Å²) in [6.07, 6.45) is 4.70. The van der Waals surface area contributed by atoms with Gasteiger partial charge in [-0.2, -0.15) is 0 Å². The van der Waals surface area contributed by atoms with Crippen LogP contribution >= 0.6 is 27.5 Å². The van der Waals surface area contributed by atoms with Crippen molar-refractivity contribution in [2.45, 2.75) is 32.2 Å². The molecule has 1 rings (SSSR count). The molecule has 16 heavy (non-hydrogen) atoms. The highest BCUT2D eigenvalue weighted by Crippen LogP contribution is 2.11. The maximum atomic E-state index is 6.19. The number of nitrogens with zero attached hydrogens (tertiary/aromatic N) is 1. The topological polar surface area (TPSA) is 24.9 Å². The van der Waals surface area contributed by atoms with E-state index < -0.39 is 0 Å². The maximum Gasteiger partial charge on any atom is 0.0463 e. The Kier molecular flexibility index (Phi) is 6.32. The Labute approximate surface area is 111 Å². The Morgan fingerprint density at radius 1 is 1.44 bits per heavy atom. The monoisotopic (exact) mass is 304 g/mol. The Bertz CT molecular complexity index is 318. The highest BCUT2D eigenvalue weighted by Gasteiger charge is 2.06. The molecule has 1 unspecified atom stereocenters. The van der Waals surface area contributed by atoms with Crippen molar-refractivity contribution in [1.82, 2.24) is 10.3 Å². The van der Waals surface area contributed by atoms with Gasteiger partial charge in [-0.05, 0) is 39.9 Å². The van der Waals surface area contributed by atoms with E-state index in [-0.39, 0.29) is 5.38 Å². The van der Waals surface area contributed by atoms with Gasteiger partial charge in [-0.3, -0.25) is 4.98 Å². The van der Waals surface area contributed by atoms with Crippen LogP contribution in [0, 0.1) is 5.92 Å². The Balaban J connectivity index is 2.25. The van der Waals surface area contributed by atoms with Crippen LogP contribution in [-0.2, 0) is 6.54 Å². The fraction of sp³-hybridized carbons (Fsp3) is 0.583. The molecule has 90 valence electrons. The number of aromatic nitrogens is 1. The summed E-state index contributed by atoms with van der Waals surface area (Å²) in [5, 5.41) is 3.55. The molecule has 0 amide bonds. The smallest absolute Gasteiger partial charge is 0.0463 e. The molecule has 0 aliphatic carbocycles. The van der Waals surface area contributed by atoms with Gasteiger partial charge >= 0.3 is 0 Å². The molecule has 0 saturated carbocycles. The minimum atomic E-state index is 0.208. The zero-order chi connectivity index (χ0) is 12.0. The molecule has 1 heterocycles. The molecule has 1 aromatic rings. The van der Waals surface area contributed by atoms with Crippen molar-refractivity contribution in [2.75, 3.05) is 6.54 Å². The van der Waals surface area contributed by atoms with Crippen LogP contribution in [0.5, 0.6) is 0 Å². The molecule has 0 bridgehead atoms. The largest absolute Gasteiger partial charge is 0.311 e. The maximum absolute atomic E-state index is 6.19. The molecule has 0 aliphatic heterocycles. The van der Waals surface area contributed by atoms with Gasteiger partial charge in [0.05, 0.1) is 0 Å². The third-order valence-corrected chi connectivity index (χ3v) is 2.95. The average molecular weight is 306 g/mol. The minimum Gasteiger partial charge on any atom is -0.311 e. The van der Waals surface area contributed by atoms with Crippen LogP contribution < -0.4 is 5.32 Å². The molecule has 0 spiro atoms. The first-order valence-electron chi connectivity index (χ1n) is 5.52. The molecular weight excluding hydrogens is 288 g/mol. The van der Waals surface area contributed by atoms with E-state index in [0.29, 0.717) is 5.92 Å². The van der Waals surface area contributed by atoms with Crippen molar-refractivity contribution in [2.24, 2.45) is 5.92 Å². The molecule has 0 aromatic carbocycles. The SMILES string of the molecule is CC(C)CC(Cl)CNCc1cncc(Br)c1. The second kappa shape index (κ2) is 7.25. The number of hydrogen-bond acceptors (Lipinski definition) is 2. The summed E-state index contributed by atoms with van der Waals surface area (Å²) in [4.78, 5) is 4.11. The van der Waals surface area contributed by atoms with E-state index in [1.807, 2.05) is 6.20 Å². The van der Waals surface area contributed by atoms with Crippen LogP contribution in [0.3, 0.4) is 0 Å². The van der Waals surface area contributed by atoms with E-state index in [1.54, 1.807) is 6.20 Å². The normalized spacial score (nSPS) is 13.1. The summed E-state index contributed by atoms with van der Waals surface area (Å²) in [5.41, 5.74) is 1.17. The van der Waals surface area contributed by atoms with Crippen molar-refractivity contribution < 1.29 is 0 Å². The van der Waals surface area contributed by atoms with E-state index in [0.717, 1.165) is 24.0 Å². The molecule has 0 radical (unpaired) electrons. The number of alkyl halides is 1. The van der Waals surface area contributed by atoms with Gasteiger partial charge in [0, 0.05) is 35.3 Å². The third kappa shape index (κ3) is 5.83. The molecular formula is C12H18BrClN2. The number of hydrogen-bond donors (Lipinski definition) is 1. The molecule has 0 aliphatic rings. The van der Waals surface area contributed by atoms with Gasteiger partial charge in [0.25, 0.3) is 0 Å². The summed E-state index contributed by atoms with van der Waals surface area (Å²) < 4.78 is 1.01. The van der Waals surface area contributed by atoms with Crippen LogP contribution in [0.25, 0.3) is 0 Å². The van der Waals surface area contributed by atoms with Crippen molar-refractivity contribution >= 4 is 27.5 Å². The van der Waals surface area contributed by atoms with Crippen molar-refractivity contribution in [1.29, 1.82) is 0 Å². The molecule has 4 heteroatoms. The third-order valence-electron chi connectivity index (χ3n) is 2.18. The summed E-state index contributed by atoms with van der Waals surface area (Å²) in [6, 6.07) is 2.06. The fourth-order valence-corrected chi connectivity index (χ4v) is 2.40.